The van der Waals surface area contributed by atoms with E-state index in [2.05, 4.69) is 4.99 Å². The average Bonchev–Trinajstić information content (AvgIpc) is 3.35. The molecule has 1 aliphatic rings. The number of furan rings is 1. The molecule has 3 aromatic rings. The third kappa shape index (κ3) is 5.15. The highest BCUT2D eigenvalue weighted by Crippen LogP contribution is 2.35. The first-order valence-corrected chi connectivity index (χ1v) is 11.5. The maximum Gasteiger partial charge on any atom is 0.338 e. The number of nitrogens with zero attached hydrogens (tertiary/aromatic N) is 2. The lowest BCUT2D eigenvalue weighted by molar-refractivity contribution is -0.121. The van der Waals surface area contributed by atoms with Gasteiger partial charge in [0.2, 0.25) is 0 Å². The fourth-order valence-electron chi connectivity index (χ4n) is 2.85. The quantitative estimate of drug-likeness (QED) is 0.337. The summed E-state index contributed by atoms with van der Waals surface area (Å²) >= 11 is 2.80. The van der Waals surface area contributed by atoms with Crippen molar-refractivity contribution in [1.82, 2.24) is 4.90 Å². The molecule has 6 nitrogen and oxygen atoms in total. The van der Waals surface area contributed by atoms with E-state index in [1.165, 1.54) is 28.4 Å². The van der Waals surface area contributed by atoms with Gasteiger partial charge in [0.05, 0.1) is 22.8 Å². The Morgan fingerprint density at radius 1 is 1.12 bits per heavy atom. The summed E-state index contributed by atoms with van der Waals surface area (Å²) in [4.78, 5) is 32.1. The van der Waals surface area contributed by atoms with Gasteiger partial charge in [-0.25, -0.2) is 9.79 Å². The van der Waals surface area contributed by atoms with Gasteiger partial charge in [-0.3, -0.25) is 9.69 Å². The normalized spacial score (nSPS) is 16.2. The van der Waals surface area contributed by atoms with Gasteiger partial charge in [-0.2, -0.15) is 0 Å². The molecule has 4 rings (SSSR count). The number of esters is 1. The van der Waals surface area contributed by atoms with Gasteiger partial charge in [-0.05, 0) is 67.2 Å². The molecule has 1 fully saturated rings. The number of amides is 1. The number of likely N-dealkylation sites (N-methyl/N-ethyl adjacent to an activating group) is 1. The van der Waals surface area contributed by atoms with Crippen LogP contribution in [0.4, 0.5) is 5.69 Å². The van der Waals surface area contributed by atoms with Crippen molar-refractivity contribution in [1.29, 1.82) is 0 Å². The van der Waals surface area contributed by atoms with Gasteiger partial charge in [0, 0.05) is 18.0 Å². The molecule has 1 amide bonds. The molecule has 1 aliphatic heterocycles. The standard InChI is InChI=1S/C24H20N2O4S2/c1-3-29-23(28)16-9-11-17(12-10-16)25-24-26(2)22(27)20(32-24)15-18-13-14-21(30-18)31-19-7-5-4-6-8-19/h4-15H,3H2,1-2H3/b20-15+,25-24?. The number of carbonyl (C=O) groups is 2. The Morgan fingerprint density at radius 3 is 2.59 bits per heavy atom. The van der Waals surface area contributed by atoms with Gasteiger partial charge in [0.1, 0.15) is 5.76 Å². The van der Waals surface area contributed by atoms with Gasteiger partial charge < -0.3 is 9.15 Å². The number of rotatable bonds is 6. The first-order valence-electron chi connectivity index (χ1n) is 9.89. The number of hydrogen-bond acceptors (Lipinski definition) is 7. The van der Waals surface area contributed by atoms with Crippen LogP contribution in [0, 0.1) is 0 Å². The zero-order chi connectivity index (χ0) is 22.5. The van der Waals surface area contributed by atoms with E-state index >= 15 is 0 Å². The van der Waals surface area contributed by atoms with Crippen LogP contribution in [0.3, 0.4) is 0 Å². The van der Waals surface area contributed by atoms with Crippen LogP contribution in [-0.2, 0) is 9.53 Å². The second kappa shape index (κ2) is 9.93. The second-order valence-electron chi connectivity index (χ2n) is 6.71. The Kier molecular flexibility index (Phi) is 6.82. The highest BCUT2D eigenvalue weighted by atomic mass is 32.2. The van der Waals surface area contributed by atoms with E-state index in [-0.39, 0.29) is 11.9 Å². The molecule has 162 valence electrons. The summed E-state index contributed by atoms with van der Waals surface area (Å²) in [6.07, 6.45) is 1.73. The molecule has 0 unspecified atom stereocenters. The van der Waals surface area contributed by atoms with Crippen molar-refractivity contribution >= 4 is 52.3 Å². The minimum atomic E-state index is -0.372. The zero-order valence-electron chi connectivity index (χ0n) is 17.5. The molecular formula is C24H20N2O4S2. The van der Waals surface area contributed by atoms with Gasteiger partial charge >= 0.3 is 5.97 Å². The van der Waals surface area contributed by atoms with Gasteiger partial charge in [0.15, 0.2) is 10.3 Å². The molecule has 2 aromatic carbocycles. The van der Waals surface area contributed by atoms with Crippen molar-refractivity contribution in [3.8, 4) is 0 Å². The number of ether oxygens (including phenoxy) is 1. The highest BCUT2D eigenvalue weighted by molar-refractivity contribution is 8.18. The lowest BCUT2D eigenvalue weighted by Gasteiger charge is -2.07. The lowest BCUT2D eigenvalue weighted by atomic mass is 10.2. The molecule has 0 atom stereocenters. The van der Waals surface area contributed by atoms with Crippen LogP contribution in [0.5, 0.6) is 0 Å². The Labute approximate surface area is 194 Å². The zero-order valence-corrected chi connectivity index (χ0v) is 19.1. The summed E-state index contributed by atoms with van der Waals surface area (Å²) in [6, 6.07) is 20.4. The van der Waals surface area contributed by atoms with Gasteiger partial charge in [-0.1, -0.05) is 30.0 Å². The van der Waals surface area contributed by atoms with Crippen molar-refractivity contribution < 1.29 is 18.7 Å². The van der Waals surface area contributed by atoms with E-state index in [0.717, 1.165) is 9.99 Å². The van der Waals surface area contributed by atoms with E-state index in [1.54, 1.807) is 44.3 Å². The molecular weight excluding hydrogens is 444 g/mol. The Hall–Kier alpha value is -3.23. The number of hydrogen-bond donors (Lipinski definition) is 0. The van der Waals surface area contributed by atoms with Crippen molar-refractivity contribution in [2.24, 2.45) is 4.99 Å². The number of thioether (sulfide) groups is 1. The molecule has 0 N–H and O–H groups in total. The smallest absolute Gasteiger partial charge is 0.338 e. The monoisotopic (exact) mass is 464 g/mol. The van der Waals surface area contributed by atoms with E-state index < -0.39 is 0 Å². The van der Waals surface area contributed by atoms with Crippen LogP contribution in [0.2, 0.25) is 0 Å². The molecule has 1 aromatic heterocycles. The van der Waals surface area contributed by atoms with Crippen molar-refractivity contribution in [2.75, 3.05) is 13.7 Å². The maximum atomic E-state index is 12.7. The van der Waals surface area contributed by atoms with Crippen LogP contribution in [0.15, 0.2) is 91.0 Å². The van der Waals surface area contributed by atoms with Gasteiger partial charge in [0.25, 0.3) is 5.91 Å². The van der Waals surface area contributed by atoms with E-state index in [4.69, 9.17) is 9.15 Å². The third-order valence-corrected chi connectivity index (χ3v) is 6.43. The summed E-state index contributed by atoms with van der Waals surface area (Å²) in [5, 5.41) is 1.30. The molecule has 0 radical (unpaired) electrons. The molecule has 8 heteroatoms. The van der Waals surface area contributed by atoms with Crippen molar-refractivity contribution in [2.45, 2.75) is 16.9 Å². The highest BCUT2D eigenvalue weighted by Gasteiger charge is 2.30. The van der Waals surface area contributed by atoms with Crippen LogP contribution in [0.1, 0.15) is 23.0 Å². The summed E-state index contributed by atoms with van der Waals surface area (Å²) in [7, 11) is 1.68. The molecule has 2 heterocycles. The predicted molar refractivity (Wildman–Crippen MR) is 127 cm³/mol. The minimum Gasteiger partial charge on any atom is -0.462 e. The Balaban J connectivity index is 1.48. The van der Waals surface area contributed by atoms with Crippen molar-refractivity contribution in [3.63, 3.8) is 0 Å². The number of carbonyl (C=O) groups excluding carboxylic acids is 2. The topological polar surface area (TPSA) is 72.1 Å². The maximum absolute atomic E-state index is 12.7. The fraction of sp³-hybridized carbons (Fsp3) is 0.125. The van der Waals surface area contributed by atoms with E-state index in [1.807, 2.05) is 42.5 Å². The molecule has 0 spiro atoms. The third-order valence-electron chi connectivity index (χ3n) is 4.44. The summed E-state index contributed by atoms with van der Waals surface area (Å²) in [5.74, 6) is 0.0842. The van der Waals surface area contributed by atoms with Crippen LogP contribution in [0.25, 0.3) is 6.08 Å². The number of amidine groups is 1. The molecule has 0 aliphatic carbocycles. The van der Waals surface area contributed by atoms with Crippen LogP contribution in [-0.4, -0.2) is 35.6 Å². The number of benzene rings is 2. The van der Waals surface area contributed by atoms with Crippen LogP contribution < -0.4 is 0 Å². The molecule has 0 bridgehead atoms. The molecule has 1 saturated heterocycles. The second-order valence-corrected chi connectivity index (χ2v) is 8.80. The van der Waals surface area contributed by atoms with Crippen molar-refractivity contribution in [3.05, 3.63) is 83.0 Å². The summed E-state index contributed by atoms with van der Waals surface area (Å²) in [5.41, 5.74) is 1.10. The first kappa shape index (κ1) is 22.0. The number of aliphatic imine (C=N–C) groups is 1. The summed E-state index contributed by atoms with van der Waals surface area (Å²) in [6.45, 7) is 2.09. The van der Waals surface area contributed by atoms with E-state index in [0.29, 0.717) is 33.7 Å². The summed E-state index contributed by atoms with van der Waals surface area (Å²) < 4.78 is 10.8. The lowest BCUT2D eigenvalue weighted by Crippen LogP contribution is -2.23. The first-order chi connectivity index (χ1) is 15.5. The SMILES string of the molecule is CCOC(=O)c1ccc(N=C2S/C(=C/c3ccc(Sc4ccccc4)o3)C(=O)N2C)cc1. The van der Waals surface area contributed by atoms with Gasteiger partial charge in [-0.15, -0.1) is 0 Å². The van der Waals surface area contributed by atoms with Crippen LogP contribution >= 0.6 is 23.5 Å². The Bertz CT molecular complexity index is 1180. The largest absolute Gasteiger partial charge is 0.462 e. The average molecular weight is 465 g/mol. The fourth-order valence-corrected chi connectivity index (χ4v) is 4.62. The predicted octanol–water partition coefficient (Wildman–Crippen LogP) is 5.84. The molecule has 32 heavy (non-hydrogen) atoms. The Morgan fingerprint density at radius 2 is 1.88 bits per heavy atom. The minimum absolute atomic E-state index is 0.148. The van der Waals surface area contributed by atoms with E-state index in [9.17, 15) is 9.59 Å². The molecule has 0 saturated carbocycles.